The van der Waals surface area contributed by atoms with Gasteiger partial charge < -0.3 is 19.8 Å². The minimum absolute atomic E-state index is 0.00704. The number of aliphatic hydroxyl groups excluding tert-OH is 1. The predicted molar refractivity (Wildman–Crippen MR) is 133 cm³/mol. The van der Waals surface area contributed by atoms with E-state index >= 15 is 0 Å². The summed E-state index contributed by atoms with van der Waals surface area (Å²) in [5.41, 5.74) is 2.27. The summed E-state index contributed by atoms with van der Waals surface area (Å²) in [5.74, 6) is -0.741. The smallest absolute Gasteiger partial charge is 0.308 e. The van der Waals surface area contributed by atoms with Crippen LogP contribution in [0, 0.1) is 17.7 Å². The third-order valence-corrected chi connectivity index (χ3v) is 7.19. The van der Waals surface area contributed by atoms with Crippen molar-refractivity contribution in [2.75, 3.05) is 26.7 Å². The number of carbonyl (C=O) groups is 1. The number of benzene rings is 2. The van der Waals surface area contributed by atoms with Gasteiger partial charge in [0, 0.05) is 18.1 Å². The quantitative estimate of drug-likeness (QED) is 0.432. The van der Waals surface area contributed by atoms with Gasteiger partial charge >= 0.3 is 5.97 Å². The van der Waals surface area contributed by atoms with Crippen molar-refractivity contribution >= 4 is 16.9 Å². The van der Waals surface area contributed by atoms with Gasteiger partial charge in [0.2, 0.25) is 0 Å². The zero-order valence-electron chi connectivity index (χ0n) is 20.1. The second-order valence-corrected chi connectivity index (χ2v) is 9.37. The summed E-state index contributed by atoms with van der Waals surface area (Å²) in [4.78, 5) is 18.6. The molecule has 0 amide bonds. The lowest BCUT2D eigenvalue weighted by molar-refractivity contribution is -0.146. The number of nitrogens with zero attached hydrogens (tertiary/aromatic N) is 2. The first-order chi connectivity index (χ1) is 17.0. The van der Waals surface area contributed by atoms with Crippen LogP contribution in [-0.4, -0.2) is 52.8 Å². The number of aliphatic carboxylic acids is 1. The SMILES string of the molecule is COc1ccc2nccc([C@@H](O)CC[C@@H]3CCN(CCCc4ccccc4F)C[C@@H]3C(=O)O)c2c1. The van der Waals surface area contributed by atoms with Gasteiger partial charge in [0.05, 0.1) is 24.6 Å². The van der Waals surface area contributed by atoms with Crippen LogP contribution in [0.25, 0.3) is 10.9 Å². The molecule has 35 heavy (non-hydrogen) atoms. The molecular weight excluding hydrogens is 447 g/mol. The molecule has 186 valence electrons. The van der Waals surface area contributed by atoms with E-state index in [0.717, 1.165) is 42.4 Å². The summed E-state index contributed by atoms with van der Waals surface area (Å²) in [6, 6.07) is 14.2. The number of carboxylic acid groups (broad SMARTS) is 1. The van der Waals surface area contributed by atoms with Crippen LogP contribution in [0.4, 0.5) is 4.39 Å². The molecule has 2 aromatic carbocycles. The van der Waals surface area contributed by atoms with Crippen molar-refractivity contribution < 1.29 is 24.1 Å². The van der Waals surface area contributed by atoms with Gasteiger partial charge in [-0.15, -0.1) is 0 Å². The van der Waals surface area contributed by atoms with Crippen molar-refractivity contribution in [3.05, 3.63) is 71.7 Å². The number of methoxy groups -OCH3 is 1. The Hall–Kier alpha value is -3.03. The van der Waals surface area contributed by atoms with Crippen LogP contribution in [0.5, 0.6) is 5.75 Å². The topological polar surface area (TPSA) is 82.9 Å². The normalized spacial score (nSPS) is 19.5. The molecule has 0 aliphatic carbocycles. The lowest BCUT2D eigenvalue weighted by Crippen LogP contribution is -2.44. The fraction of sp³-hybridized carbons (Fsp3) is 0.429. The van der Waals surface area contributed by atoms with E-state index in [1.54, 1.807) is 25.4 Å². The minimum atomic E-state index is -0.789. The number of likely N-dealkylation sites (tertiary alicyclic amines) is 1. The summed E-state index contributed by atoms with van der Waals surface area (Å²) in [7, 11) is 1.60. The number of pyridine rings is 1. The average molecular weight is 481 g/mol. The number of aromatic nitrogens is 1. The maximum atomic E-state index is 13.8. The number of halogens is 1. The van der Waals surface area contributed by atoms with Crippen LogP contribution < -0.4 is 4.74 Å². The van der Waals surface area contributed by atoms with Crippen LogP contribution in [0.2, 0.25) is 0 Å². The number of rotatable bonds is 10. The molecule has 1 saturated heterocycles. The number of hydrogen-bond acceptors (Lipinski definition) is 5. The number of aliphatic hydroxyl groups is 1. The van der Waals surface area contributed by atoms with Gasteiger partial charge in [0.15, 0.2) is 0 Å². The van der Waals surface area contributed by atoms with Crippen molar-refractivity contribution in [3.63, 3.8) is 0 Å². The molecule has 0 bridgehead atoms. The first-order valence-corrected chi connectivity index (χ1v) is 12.3. The molecule has 0 radical (unpaired) electrons. The number of ether oxygens (including phenoxy) is 1. The van der Waals surface area contributed by atoms with Crippen LogP contribution >= 0.6 is 0 Å². The second kappa shape index (κ2) is 11.6. The molecule has 3 atom stereocenters. The first kappa shape index (κ1) is 25.1. The lowest BCUT2D eigenvalue weighted by Gasteiger charge is -2.37. The molecule has 7 heteroatoms. The van der Waals surface area contributed by atoms with Crippen LogP contribution in [-0.2, 0) is 11.2 Å². The molecule has 0 spiro atoms. The third-order valence-electron chi connectivity index (χ3n) is 7.19. The monoisotopic (exact) mass is 480 g/mol. The van der Waals surface area contributed by atoms with Gasteiger partial charge in [-0.3, -0.25) is 9.78 Å². The summed E-state index contributed by atoms with van der Waals surface area (Å²) in [5, 5.41) is 21.7. The number of piperidine rings is 1. The summed E-state index contributed by atoms with van der Waals surface area (Å²) >= 11 is 0. The molecule has 0 unspecified atom stereocenters. The summed E-state index contributed by atoms with van der Waals surface area (Å²) < 4.78 is 19.2. The van der Waals surface area contributed by atoms with E-state index in [4.69, 9.17) is 4.74 Å². The van der Waals surface area contributed by atoms with E-state index in [0.29, 0.717) is 37.1 Å². The van der Waals surface area contributed by atoms with E-state index in [9.17, 15) is 19.4 Å². The van der Waals surface area contributed by atoms with Gasteiger partial charge in [-0.2, -0.15) is 0 Å². The lowest BCUT2D eigenvalue weighted by atomic mass is 9.81. The highest BCUT2D eigenvalue weighted by atomic mass is 19.1. The Balaban J connectivity index is 1.34. The van der Waals surface area contributed by atoms with Crippen molar-refractivity contribution in [1.82, 2.24) is 9.88 Å². The van der Waals surface area contributed by atoms with Crippen molar-refractivity contribution in [2.24, 2.45) is 11.8 Å². The predicted octanol–water partition coefficient (Wildman–Crippen LogP) is 4.85. The molecule has 2 N–H and O–H groups in total. The maximum Gasteiger partial charge on any atom is 0.308 e. The Kier molecular flexibility index (Phi) is 8.31. The molecule has 1 fully saturated rings. The van der Waals surface area contributed by atoms with E-state index in [1.807, 2.05) is 30.3 Å². The maximum absolute atomic E-state index is 13.8. The Morgan fingerprint density at radius 1 is 1.26 bits per heavy atom. The van der Waals surface area contributed by atoms with Crippen molar-refractivity contribution in [1.29, 1.82) is 0 Å². The standard InChI is InChI=1S/C28H33FN2O4/c1-35-21-9-10-26-23(17-21)22(12-14-30-26)27(32)11-8-19-13-16-31(18-24(19)28(33)34)15-4-6-20-5-2-3-7-25(20)29/h2-3,5,7,9-10,12,14,17,19,24,27,32H,4,6,8,11,13,15-16,18H2,1H3,(H,33,34)/t19-,24+,27+/m1/s1. The van der Waals surface area contributed by atoms with Crippen LogP contribution in [0.15, 0.2) is 54.7 Å². The highest BCUT2D eigenvalue weighted by Gasteiger charge is 2.34. The fourth-order valence-electron chi connectivity index (χ4n) is 5.18. The molecule has 2 heterocycles. The molecule has 1 aliphatic heterocycles. The second-order valence-electron chi connectivity index (χ2n) is 9.37. The van der Waals surface area contributed by atoms with Gasteiger partial charge in [0.1, 0.15) is 11.6 Å². The van der Waals surface area contributed by atoms with E-state index in [1.165, 1.54) is 6.07 Å². The Morgan fingerprint density at radius 3 is 2.86 bits per heavy atom. The van der Waals surface area contributed by atoms with Crippen molar-refractivity contribution in [3.8, 4) is 5.75 Å². The van der Waals surface area contributed by atoms with E-state index in [2.05, 4.69) is 9.88 Å². The zero-order chi connectivity index (χ0) is 24.8. The molecule has 3 aromatic rings. The third kappa shape index (κ3) is 6.16. The Bertz CT molecular complexity index is 1150. The number of aryl methyl sites for hydroxylation is 1. The summed E-state index contributed by atoms with van der Waals surface area (Å²) in [6.07, 6.45) is 4.30. The molecular formula is C28H33FN2O4. The van der Waals surface area contributed by atoms with Crippen LogP contribution in [0.3, 0.4) is 0 Å². The molecule has 1 aromatic heterocycles. The largest absolute Gasteiger partial charge is 0.497 e. The summed E-state index contributed by atoms with van der Waals surface area (Å²) in [6.45, 7) is 2.05. The Labute approximate surface area is 205 Å². The van der Waals surface area contributed by atoms with Gasteiger partial charge in [0.25, 0.3) is 0 Å². The Morgan fingerprint density at radius 2 is 2.09 bits per heavy atom. The highest BCUT2D eigenvalue weighted by Crippen LogP contribution is 2.33. The number of fused-ring (bicyclic) bond motifs is 1. The van der Waals surface area contributed by atoms with Crippen LogP contribution in [0.1, 0.15) is 42.9 Å². The van der Waals surface area contributed by atoms with E-state index in [-0.39, 0.29) is 11.7 Å². The first-order valence-electron chi connectivity index (χ1n) is 12.3. The van der Waals surface area contributed by atoms with Gasteiger partial charge in [-0.1, -0.05) is 18.2 Å². The average Bonchev–Trinajstić information content (AvgIpc) is 2.88. The molecule has 0 saturated carbocycles. The molecule has 6 nitrogen and oxygen atoms in total. The minimum Gasteiger partial charge on any atom is -0.497 e. The molecule has 4 rings (SSSR count). The van der Waals surface area contributed by atoms with Gasteiger partial charge in [-0.25, -0.2) is 4.39 Å². The van der Waals surface area contributed by atoms with Crippen molar-refractivity contribution in [2.45, 2.75) is 38.2 Å². The molecule has 1 aliphatic rings. The zero-order valence-corrected chi connectivity index (χ0v) is 20.1. The van der Waals surface area contributed by atoms with E-state index < -0.39 is 18.0 Å². The highest BCUT2D eigenvalue weighted by molar-refractivity contribution is 5.83. The fourth-order valence-corrected chi connectivity index (χ4v) is 5.18. The number of hydrogen-bond donors (Lipinski definition) is 2. The number of carboxylic acids is 1. The van der Waals surface area contributed by atoms with Gasteiger partial charge in [-0.05, 0) is 92.6 Å².